The van der Waals surface area contributed by atoms with Gasteiger partial charge >= 0.3 is 13.5 Å². The number of anilines is 1. The Balaban J connectivity index is 2.13. The molecule has 2 rings (SSSR count). The van der Waals surface area contributed by atoms with Crippen LogP contribution in [0.2, 0.25) is 0 Å². The van der Waals surface area contributed by atoms with Crippen molar-refractivity contribution < 1.29 is 22.9 Å². The van der Waals surface area contributed by atoms with Crippen LogP contribution in [0.25, 0.3) is 0 Å². The van der Waals surface area contributed by atoms with Crippen LogP contribution in [-0.4, -0.2) is 28.9 Å². The van der Waals surface area contributed by atoms with Gasteiger partial charge in [0, 0.05) is 12.6 Å². The molecule has 10 heteroatoms. The van der Waals surface area contributed by atoms with Crippen molar-refractivity contribution in [3.05, 3.63) is 35.1 Å². The second kappa shape index (κ2) is 7.27. The fourth-order valence-corrected chi connectivity index (χ4v) is 3.44. The molecule has 0 bridgehead atoms. The molecule has 0 unspecified atom stereocenters. The van der Waals surface area contributed by atoms with Gasteiger partial charge in [0.2, 0.25) is 0 Å². The molecule has 1 aliphatic heterocycles. The monoisotopic (exact) mass is 345 g/mol. The van der Waals surface area contributed by atoms with Gasteiger partial charge in [-0.15, -0.1) is 0 Å². The molecule has 1 aromatic rings. The number of phosphoric ester groups is 1. The molecular formula is C13H20N3O6P. The molecular weight excluding hydrogens is 325 g/mol. The van der Waals surface area contributed by atoms with Crippen molar-refractivity contribution in [3.8, 4) is 0 Å². The summed E-state index contributed by atoms with van der Waals surface area (Å²) in [6, 6.07) is 1.48. The van der Waals surface area contributed by atoms with E-state index in [0.29, 0.717) is 0 Å². The Morgan fingerprint density at radius 1 is 1.48 bits per heavy atom. The first-order valence-electron chi connectivity index (χ1n) is 7.16. The van der Waals surface area contributed by atoms with E-state index < -0.39 is 25.8 Å². The maximum Gasteiger partial charge on any atom is 0.475 e. The fraction of sp³-hybridized carbons (Fsp3) is 0.538. The molecule has 1 aromatic heterocycles. The number of aromatic nitrogens is 2. The van der Waals surface area contributed by atoms with E-state index in [1.807, 2.05) is 0 Å². The molecule has 1 saturated heterocycles. The summed E-state index contributed by atoms with van der Waals surface area (Å²) < 4.78 is 34.8. The van der Waals surface area contributed by atoms with Gasteiger partial charge in [-0.25, -0.2) is 9.36 Å². The highest BCUT2D eigenvalue weighted by atomic mass is 31.2. The Morgan fingerprint density at radius 2 is 2.13 bits per heavy atom. The standard InChI is InChI=1S/C13H20N3O6P/c1-4-19-23(18,20-5-2)22-10-8-12(21-9(10)3)16-7-6-11(14)15-13(16)17/h6-7,10,12H,3-5,8H2,1-2H3,(H2,14,15,17)/t10-,12+/m0/s1. The van der Waals surface area contributed by atoms with Gasteiger partial charge in [0.25, 0.3) is 0 Å². The van der Waals surface area contributed by atoms with E-state index in [0.717, 1.165) is 0 Å². The lowest BCUT2D eigenvalue weighted by molar-refractivity contribution is 0.0898. The van der Waals surface area contributed by atoms with Crippen molar-refractivity contribution in [2.45, 2.75) is 32.6 Å². The fourth-order valence-electron chi connectivity index (χ4n) is 2.10. The van der Waals surface area contributed by atoms with Crippen LogP contribution in [0.1, 0.15) is 26.5 Å². The summed E-state index contributed by atoms with van der Waals surface area (Å²) in [6.45, 7) is 7.42. The molecule has 1 fully saturated rings. The predicted molar refractivity (Wildman–Crippen MR) is 82.5 cm³/mol. The van der Waals surface area contributed by atoms with Crippen molar-refractivity contribution in [1.82, 2.24) is 9.55 Å². The van der Waals surface area contributed by atoms with E-state index >= 15 is 0 Å². The summed E-state index contributed by atoms with van der Waals surface area (Å²) in [4.78, 5) is 15.5. The van der Waals surface area contributed by atoms with Crippen molar-refractivity contribution >= 4 is 13.6 Å². The number of nitrogen functional groups attached to an aromatic ring is 1. The van der Waals surface area contributed by atoms with Crippen molar-refractivity contribution in [1.29, 1.82) is 0 Å². The highest BCUT2D eigenvalue weighted by Gasteiger charge is 2.39. The quantitative estimate of drug-likeness (QED) is 0.744. The van der Waals surface area contributed by atoms with Crippen LogP contribution in [0.15, 0.2) is 29.4 Å². The molecule has 128 valence electrons. The molecule has 0 radical (unpaired) electrons. The second-order valence-corrected chi connectivity index (χ2v) is 6.32. The summed E-state index contributed by atoms with van der Waals surface area (Å²) in [5.41, 5.74) is 4.90. The lowest BCUT2D eigenvalue weighted by Gasteiger charge is -2.19. The molecule has 2 heterocycles. The van der Waals surface area contributed by atoms with Crippen LogP contribution in [0.4, 0.5) is 5.82 Å². The number of phosphoric acid groups is 1. The minimum Gasteiger partial charge on any atom is -0.472 e. The summed E-state index contributed by atoms with van der Waals surface area (Å²) in [6.07, 6.45) is 0.280. The third-order valence-electron chi connectivity index (χ3n) is 3.05. The molecule has 1 aliphatic rings. The number of hydrogen-bond acceptors (Lipinski definition) is 8. The first-order valence-corrected chi connectivity index (χ1v) is 8.62. The van der Waals surface area contributed by atoms with E-state index in [-0.39, 0.29) is 31.2 Å². The zero-order valence-electron chi connectivity index (χ0n) is 13.0. The normalized spacial score (nSPS) is 21.4. The molecule has 0 aromatic carbocycles. The number of nitrogens with two attached hydrogens (primary N) is 1. The van der Waals surface area contributed by atoms with E-state index in [1.165, 1.54) is 16.8 Å². The van der Waals surface area contributed by atoms with Gasteiger partial charge in [-0.2, -0.15) is 4.98 Å². The predicted octanol–water partition coefficient (Wildman–Crippen LogP) is 1.82. The average Bonchev–Trinajstić information content (AvgIpc) is 2.79. The molecule has 23 heavy (non-hydrogen) atoms. The Labute approximate surface area is 133 Å². The zero-order valence-corrected chi connectivity index (χ0v) is 13.9. The lowest BCUT2D eigenvalue weighted by Crippen LogP contribution is -2.27. The number of ether oxygens (including phenoxy) is 1. The van der Waals surface area contributed by atoms with E-state index in [2.05, 4.69) is 11.6 Å². The SMILES string of the molecule is C=C1O[C@@H](n2ccc(N)nc2=O)C[C@@H]1OP(=O)(OCC)OCC. The Hall–Kier alpha value is -1.67. The van der Waals surface area contributed by atoms with Gasteiger partial charge in [0.1, 0.15) is 17.7 Å². The van der Waals surface area contributed by atoms with Crippen molar-refractivity contribution in [3.63, 3.8) is 0 Å². The van der Waals surface area contributed by atoms with Crippen molar-refractivity contribution in [2.75, 3.05) is 18.9 Å². The van der Waals surface area contributed by atoms with E-state index in [9.17, 15) is 9.36 Å². The molecule has 0 amide bonds. The highest BCUT2D eigenvalue weighted by molar-refractivity contribution is 7.48. The molecule has 0 aliphatic carbocycles. The molecule has 2 atom stereocenters. The van der Waals surface area contributed by atoms with E-state index in [4.69, 9.17) is 24.0 Å². The summed E-state index contributed by atoms with van der Waals surface area (Å²) >= 11 is 0. The molecule has 2 N–H and O–H groups in total. The van der Waals surface area contributed by atoms with Crippen LogP contribution in [0.5, 0.6) is 0 Å². The summed E-state index contributed by atoms with van der Waals surface area (Å²) in [5, 5.41) is 0. The van der Waals surface area contributed by atoms with Crippen LogP contribution >= 0.6 is 7.82 Å². The van der Waals surface area contributed by atoms with E-state index in [1.54, 1.807) is 13.8 Å². The maximum atomic E-state index is 12.4. The lowest BCUT2D eigenvalue weighted by atomic mass is 10.2. The summed E-state index contributed by atoms with van der Waals surface area (Å²) in [7, 11) is -3.71. The minimum atomic E-state index is -3.71. The minimum absolute atomic E-state index is 0.119. The summed E-state index contributed by atoms with van der Waals surface area (Å²) in [5.74, 6) is 0.353. The van der Waals surface area contributed by atoms with Gasteiger partial charge in [-0.1, -0.05) is 6.58 Å². The van der Waals surface area contributed by atoms with Crippen LogP contribution in [0, 0.1) is 0 Å². The third-order valence-corrected chi connectivity index (χ3v) is 4.72. The van der Waals surface area contributed by atoms with Gasteiger partial charge in [0.15, 0.2) is 6.23 Å². The van der Waals surface area contributed by atoms with Crippen LogP contribution in [0.3, 0.4) is 0 Å². The largest absolute Gasteiger partial charge is 0.475 e. The maximum absolute atomic E-state index is 12.4. The first-order chi connectivity index (χ1) is 10.9. The van der Waals surface area contributed by atoms with Crippen LogP contribution < -0.4 is 11.4 Å². The molecule has 0 saturated carbocycles. The third kappa shape index (κ3) is 4.20. The Morgan fingerprint density at radius 3 is 2.70 bits per heavy atom. The first kappa shape index (κ1) is 17.7. The van der Waals surface area contributed by atoms with Gasteiger partial charge in [0.05, 0.1) is 13.2 Å². The Bertz CT molecular complexity index is 666. The average molecular weight is 345 g/mol. The van der Waals surface area contributed by atoms with Gasteiger partial charge < -0.3 is 10.5 Å². The highest BCUT2D eigenvalue weighted by Crippen LogP contribution is 2.53. The number of nitrogens with zero attached hydrogens (tertiary/aromatic N) is 2. The smallest absolute Gasteiger partial charge is 0.472 e. The zero-order chi connectivity index (χ0) is 17.0. The topological polar surface area (TPSA) is 115 Å². The van der Waals surface area contributed by atoms with Gasteiger partial charge in [-0.3, -0.25) is 18.1 Å². The Kier molecular flexibility index (Phi) is 5.59. The second-order valence-electron chi connectivity index (χ2n) is 4.69. The molecule has 0 spiro atoms. The number of rotatable bonds is 7. The van der Waals surface area contributed by atoms with Crippen LogP contribution in [-0.2, 0) is 22.9 Å². The van der Waals surface area contributed by atoms with Crippen molar-refractivity contribution in [2.24, 2.45) is 0 Å². The molecule has 9 nitrogen and oxygen atoms in total. The number of hydrogen-bond donors (Lipinski definition) is 1. The van der Waals surface area contributed by atoms with Gasteiger partial charge in [-0.05, 0) is 19.9 Å².